The van der Waals surface area contributed by atoms with Gasteiger partial charge in [0.15, 0.2) is 6.29 Å². The molecule has 3 nitrogen and oxygen atoms in total. The minimum atomic E-state index is -0.161. The van der Waals surface area contributed by atoms with E-state index in [9.17, 15) is 0 Å². The standard InChI is InChI=1S/C16H25NO2/c1-12-9-10-13-7-5-6-8-14(13)16(12)17(2)11-15(18-3)19-4/h5-8,12,15-16H,9-11H2,1-4H3. The van der Waals surface area contributed by atoms with Crippen molar-refractivity contribution in [2.45, 2.75) is 32.1 Å². The highest BCUT2D eigenvalue weighted by Gasteiger charge is 2.30. The van der Waals surface area contributed by atoms with Crippen molar-refractivity contribution in [2.75, 3.05) is 27.8 Å². The first-order valence-corrected chi connectivity index (χ1v) is 7.01. The topological polar surface area (TPSA) is 21.7 Å². The Hall–Kier alpha value is -0.900. The molecule has 0 saturated heterocycles. The zero-order valence-electron chi connectivity index (χ0n) is 12.4. The number of rotatable bonds is 5. The molecule has 1 aromatic rings. The summed E-state index contributed by atoms with van der Waals surface area (Å²) in [6.07, 6.45) is 2.28. The van der Waals surface area contributed by atoms with Crippen molar-refractivity contribution >= 4 is 0 Å². The zero-order chi connectivity index (χ0) is 13.8. The predicted octanol–water partition coefficient (Wildman–Crippen LogP) is 2.86. The maximum Gasteiger partial charge on any atom is 0.169 e. The van der Waals surface area contributed by atoms with Crippen LogP contribution in [0, 0.1) is 5.92 Å². The average Bonchev–Trinajstić information content (AvgIpc) is 2.44. The van der Waals surface area contributed by atoms with E-state index in [2.05, 4.69) is 43.1 Å². The number of likely N-dealkylation sites (N-methyl/N-ethyl adjacent to an activating group) is 1. The van der Waals surface area contributed by atoms with Crippen LogP contribution < -0.4 is 0 Å². The highest BCUT2D eigenvalue weighted by Crippen LogP contribution is 2.37. The maximum atomic E-state index is 5.32. The molecule has 0 fully saturated rings. The van der Waals surface area contributed by atoms with E-state index in [1.54, 1.807) is 14.2 Å². The van der Waals surface area contributed by atoms with Gasteiger partial charge in [-0.3, -0.25) is 4.90 Å². The van der Waals surface area contributed by atoms with Crippen LogP contribution in [0.1, 0.15) is 30.5 Å². The van der Waals surface area contributed by atoms with Crippen molar-refractivity contribution in [3.8, 4) is 0 Å². The third kappa shape index (κ3) is 3.16. The van der Waals surface area contributed by atoms with Crippen LogP contribution in [0.15, 0.2) is 24.3 Å². The van der Waals surface area contributed by atoms with Crippen LogP contribution >= 0.6 is 0 Å². The Morgan fingerprint density at radius 1 is 1.26 bits per heavy atom. The van der Waals surface area contributed by atoms with Gasteiger partial charge in [0.1, 0.15) is 0 Å². The highest BCUT2D eigenvalue weighted by atomic mass is 16.7. The fraction of sp³-hybridized carbons (Fsp3) is 0.625. The van der Waals surface area contributed by atoms with Crippen LogP contribution in [0.5, 0.6) is 0 Å². The fourth-order valence-corrected chi connectivity index (χ4v) is 3.16. The SMILES string of the molecule is COC(CN(C)C1c2ccccc2CCC1C)OC. The first-order chi connectivity index (χ1) is 9.17. The largest absolute Gasteiger partial charge is 0.355 e. The van der Waals surface area contributed by atoms with Gasteiger partial charge in [0.25, 0.3) is 0 Å². The lowest BCUT2D eigenvalue weighted by Gasteiger charge is -2.39. The normalized spacial score (nSPS) is 22.8. The van der Waals surface area contributed by atoms with E-state index in [1.807, 2.05) is 0 Å². The Morgan fingerprint density at radius 2 is 1.95 bits per heavy atom. The van der Waals surface area contributed by atoms with Gasteiger partial charge in [-0.15, -0.1) is 0 Å². The third-order valence-electron chi connectivity index (χ3n) is 4.22. The number of fused-ring (bicyclic) bond motifs is 1. The lowest BCUT2D eigenvalue weighted by molar-refractivity contribution is -0.120. The summed E-state index contributed by atoms with van der Waals surface area (Å²) >= 11 is 0. The van der Waals surface area contributed by atoms with Crippen molar-refractivity contribution < 1.29 is 9.47 Å². The highest BCUT2D eigenvalue weighted by molar-refractivity contribution is 5.32. The Labute approximate surface area is 116 Å². The minimum Gasteiger partial charge on any atom is -0.355 e. The molecule has 0 N–H and O–H groups in total. The second-order valence-corrected chi connectivity index (χ2v) is 5.50. The molecular weight excluding hydrogens is 238 g/mol. The van der Waals surface area contributed by atoms with Gasteiger partial charge in [-0.2, -0.15) is 0 Å². The quantitative estimate of drug-likeness (QED) is 0.763. The van der Waals surface area contributed by atoms with Crippen LogP contribution in [-0.2, 0) is 15.9 Å². The maximum absolute atomic E-state index is 5.32. The zero-order valence-corrected chi connectivity index (χ0v) is 12.4. The van der Waals surface area contributed by atoms with Crippen molar-refractivity contribution in [2.24, 2.45) is 5.92 Å². The first-order valence-electron chi connectivity index (χ1n) is 7.01. The molecule has 1 aliphatic rings. The Kier molecular flexibility index (Phi) is 4.97. The summed E-state index contributed by atoms with van der Waals surface area (Å²) in [5.74, 6) is 0.661. The van der Waals surface area contributed by atoms with Gasteiger partial charge in [-0.1, -0.05) is 31.2 Å². The average molecular weight is 263 g/mol. The summed E-state index contributed by atoms with van der Waals surface area (Å²) in [6.45, 7) is 3.13. The molecule has 1 aromatic carbocycles. The Bertz CT molecular complexity index is 403. The molecule has 2 rings (SSSR count). The van der Waals surface area contributed by atoms with Gasteiger partial charge in [-0.05, 0) is 36.9 Å². The second-order valence-electron chi connectivity index (χ2n) is 5.50. The summed E-state index contributed by atoms with van der Waals surface area (Å²) in [4.78, 5) is 2.36. The van der Waals surface area contributed by atoms with Crippen molar-refractivity contribution in [1.29, 1.82) is 0 Å². The van der Waals surface area contributed by atoms with Crippen LogP contribution in [0.2, 0.25) is 0 Å². The van der Waals surface area contributed by atoms with Gasteiger partial charge < -0.3 is 9.47 Å². The molecule has 3 heteroatoms. The fourth-order valence-electron chi connectivity index (χ4n) is 3.16. The Morgan fingerprint density at radius 3 is 2.63 bits per heavy atom. The van der Waals surface area contributed by atoms with Crippen LogP contribution in [0.4, 0.5) is 0 Å². The molecular formula is C16H25NO2. The number of aryl methyl sites for hydroxylation is 1. The van der Waals surface area contributed by atoms with E-state index in [-0.39, 0.29) is 6.29 Å². The molecule has 1 aliphatic carbocycles. The molecule has 19 heavy (non-hydrogen) atoms. The predicted molar refractivity (Wildman–Crippen MR) is 77.1 cm³/mol. The summed E-state index contributed by atoms with van der Waals surface area (Å²) in [5, 5.41) is 0. The molecule has 0 bridgehead atoms. The molecule has 0 radical (unpaired) electrons. The summed E-state index contributed by atoms with van der Waals surface area (Å²) < 4.78 is 10.6. The van der Waals surface area contributed by atoms with Crippen LogP contribution in [0.25, 0.3) is 0 Å². The van der Waals surface area contributed by atoms with Crippen LogP contribution in [0.3, 0.4) is 0 Å². The number of nitrogens with zero attached hydrogens (tertiary/aromatic N) is 1. The molecule has 106 valence electrons. The van der Waals surface area contributed by atoms with E-state index >= 15 is 0 Å². The van der Waals surface area contributed by atoms with E-state index in [1.165, 1.54) is 24.0 Å². The molecule has 2 atom stereocenters. The third-order valence-corrected chi connectivity index (χ3v) is 4.22. The van der Waals surface area contributed by atoms with E-state index in [0.29, 0.717) is 12.0 Å². The minimum absolute atomic E-state index is 0.161. The number of methoxy groups -OCH3 is 2. The lowest BCUT2D eigenvalue weighted by atomic mass is 9.80. The van der Waals surface area contributed by atoms with Crippen LogP contribution in [-0.4, -0.2) is 39.0 Å². The van der Waals surface area contributed by atoms with Gasteiger partial charge in [0.05, 0.1) is 0 Å². The van der Waals surface area contributed by atoms with E-state index in [0.717, 1.165) is 6.54 Å². The molecule has 2 unspecified atom stereocenters. The smallest absolute Gasteiger partial charge is 0.169 e. The van der Waals surface area contributed by atoms with Crippen molar-refractivity contribution in [3.05, 3.63) is 35.4 Å². The molecule has 0 spiro atoms. The molecule has 0 saturated carbocycles. The van der Waals surface area contributed by atoms with Crippen molar-refractivity contribution in [1.82, 2.24) is 4.90 Å². The van der Waals surface area contributed by atoms with Crippen molar-refractivity contribution in [3.63, 3.8) is 0 Å². The lowest BCUT2D eigenvalue weighted by Crippen LogP contribution is -2.38. The second kappa shape index (κ2) is 6.51. The van der Waals surface area contributed by atoms with E-state index in [4.69, 9.17) is 9.47 Å². The summed E-state index contributed by atoms with van der Waals surface area (Å²) in [7, 11) is 5.55. The number of hydrogen-bond acceptors (Lipinski definition) is 3. The first kappa shape index (κ1) is 14.5. The number of ether oxygens (including phenoxy) is 2. The Balaban J connectivity index is 2.18. The molecule has 0 aliphatic heterocycles. The van der Waals surface area contributed by atoms with E-state index < -0.39 is 0 Å². The number of hydrogen-bond donors (Lipinski definition) is 0. The summed E-state index contributed by atoms with van der Waals surface area (Å²) in [5.41, 5.74) is 2.96. The van der Waals surface area contributed by atoms with Gasteiger partial charge in [0, 0.05) is 26.8 Å². The van der Waals surface area contributed by atoms with Gasteiger partial charge in [0.2, 0.25) is 0 Å². The molecule has 0 amide bonds. The monoisotopic (exact) mass is 263 g/mol. The molecule has 0 heterocycles. The molecule has 0 aromatic heterocycles. The van der Waals surface area contributed by atoms with Gasteiger partial charge in [-0.25, -0.2) is 0 Å². The number of benzene rings is 1. The van der Waals surface area contributed by atoms with Gasteiger partial charge >= 0.3 is 0 Å². The summed E-state index contributed by atoms with van der Waals surface area (Å²) in [6, 6.07) is 9.26.